The number of carbonyl (C=O) groups excluding carboxylic acids is 1. The van der Waals surface area contributed by atoms with E-state index in [-0.39, 0.29) is 11.7 Å². The molecule has 0 aliphatic carbocycles. The molecule has 2 N–H and O–H groups in total. The van der Waals surface area contributed by atoms with Crippen LogP contribution in [0.3, 0.4) is 0 Å². The van der Waals surface area contributed by atoms with E-state index in [1.165, 1.54) is 0 Å². The molecule has 0 saturated heterocycles. The molecule has 3 aromatic rings. The second-order valence-electron chi connectivity index (χ2n) is 5.87. The van der Waals surface area contributed by atoms with Gasteiger partial charge in [-0.15, -0.1) is 0 Å². The van der Waals surface area contributed by atoms with Crippen molar-refractivity contribution in [2.75, 3.05) is 24.3 Å². The molecule has 0 atom stereocenters. The van der Waals surface area contributed by atoms with Crippen LogP contribution in [0.4, 0.5) is 14.5 Å². The Kier molecular flexibility index (Phi) is 4.85. The summed E-state index contributed by atoms with van der Waals surface area (Å²) >= 11 is 1.14. The minimum atomic E-state index is -0.960. The number of imidazole rings is 1. The number of nitrogens with zero attached hydrogens (tertiary/aromatic N) is 1. The van der Waals surface area contributed by atoms with E-state index >= 15 is 0 Å². The van der Waals surface area contributed by atoms with E-state index in [2.05, 4.69) is 15.3 Å². The number of ether oxygens (including phenoxy) is 2. The summed E-state index contributed by atoms with van der Waals surface area (Å²) in [7, 11) is 0. The lowest BCUT2D eigenvalue weighted by Crippen LogP contribution is -2.14. The third kappa shape index (κ3) is 3.97. The second kappa shape index (κ2) is 7.43. The standard InChI is InChI=1S/C18H15F2N3O3S/c19-11-7-13-14(8-12(11)20)23-18(22-13)27-9-17(24)21-10-2-3-15-16(6-10)26-5-1-4-25-15/h2-3,6-8H,1,4-5,9H2,(H,21,24)(H,22,23). The molecule has 2 aromatic carbocycles. The fourth-order valence-electron chi connectivity index (χ4n) is 2.62. The molecule has 1 aliphatic heterocycles. The van der Waals surface area contributed by atoms with E-state index in [1.54, 1.807) is 18.2 Å². The quantitative estimate of drug-likeness (QED) is 0.663. The number of carbonyl (C=O) groups is 1. The number of amides is 1. The predicted molar refractivity (Wildman–Crippen MR) is 97.4 cm³/mol. The van der Waals surface area contributed by atoms with Crippen molar-refractivity contribution < 1.29 is 23.0 Å². The summed E-state index contributed by atoms with van der Waals surface area (Å²) in [5, 5.41) is 3.18. The lowest BCUT2D eigenvalue weighted by Gasteiger charge is -2.10. The number of halogens is 2. The lowest BCUT2D eigenvalue weighted by atomic mass is 10.2. The number of hydrogen-bond acceptors (Lipinski definition) is 5. The number of rotatable bonds is 4. The Bertz CT molecular complexity index is 970. The van der Waals surface area contributed by atoms with E-state index in [4.69, 9.17) is 9.47 Å². The number of fused-ring (bicyclic) bond motifs is 2. The molecule has 6 nitrogen and oxygen atoms in total. The Morgan fingerprint density at radius 1 is 1.15 bits per heavy atom. The molecular formula is C18H15F2N3O3S. The summed E-state index contributed by atoms with van der Waals surface area (Å²) in [5.74, 6) is -0.820. The van der Waals surface area contributed by atoms with Gasteiger partial charge in [-0.2, -0.15) is 0 Å². The van der Waals surface area contributed by atoms with Crippen LogP contribution in [-0.2, 0) is 4.79 Å². The maximum Gasteiger partial charge on any atom is 0.234 e. The van der Waals surface area contributed by atoms with Gasteiger partial charge in [0.1, 0.15) is 0 Å². The second-order valence-corrected chi connectivity index (χ2v) is 6.84. The molecule has 9 heteroatoms. The number of aromatic amines is 1. The fraction of sp³-hybridized carbons (Fsp3) is 0.222. The van der Waals surface area contributed by atoms with Crippen molar-refractivity contribution in [3.63, 3.8) is 0 Å². The molecule has 0 unspecified atom stereocenters. The van der Waals surface area contributed by atoms with Gasteiger partial charge in [0.25, 0.3) is 0 Å². The SMILES string of the molecule is O=C(CSc1nc2cc(F)c(F)cc2[nH]1)Nc1ccc2c(c1)OCCCO2. The van der Waals surface area contributed by atoms with Gasteiger partial charge in [0.05, 0.1) is 30.0 Å². The summed E-state index contributed by atoms with van der Waals surface area (Å²) in [6.07, 6.45) is 0.804. The van der Waals surface area contributed by atoms with Crippen molar-refractivity contribution in [1.29, 1.82) is 0 Å². The first-order valence-corrected chi connectivity index (χ1v) is 9.24. The first-order chi connectivity index (χ1) is 13.1. The van der Waals surface area contributed by atoms with Gasteiger partial charge in [0.15, 0.2) is 28.3 Å². The van der Waals surface area contributed by atoms with Gasteiger partial charge in [-0.1, -0.05) is 11.8 Å². The van der Waals surface area contributed by atoms with E-state index in [9.17, 15) is 13.6 Å². The smallest absolute Gasteiger partial charge is 0.234 e. The van der Waals surface area contributed by atoms with Crippen LogP contribution in [-0.4, -0.2) is 34.8 Å². The van der Waals surface area contributed by atoms with Crippen molar-refractivity contribution in [2.24, 2.45) is 0 Å². The molecule has 0 radical (unpaired) electrons. The van der Waals surface area contributed by atoms with Crippen LogP contribution in [0.15, 0.2) is 35.5 Å². The Hall–Kier alpha value is -2.81. The van der Waals surface area contributed by atoms with Crippen molar-refractivity contribution >= 4 is 34.4 Å². The van der Waals surface area contributed by atoms with Crippen molar-refractivity contribution in [3.05, 3.63) is 42.0 Å². The van der Waals surface area contributed by atoms with Crippen LogP contribution in [0.1, 0.15) is 6.42 Å². The molecule has 4 rings (SSSR count). The summed E-state index contributed by atoms with van der Waals surface area (Å²) in [4.78, 5) is 19.2. The van der Waals surface area contributed by atoms with Gasteiger partial charge in [-0.3, -0.25) is 4.79 Å². The molecule has 27 heavy (non-hydrogen) atoms. The molecule has 1 amide bonds. The van der Waals surface area contributed by atoms with Crippen LogP contribution in [0, 0.1) is 11.6 Å². The third-order valence-electron chi connectivity index (χ3n) is 3.87. The predicted octanol–water partition coefficient (Wildman–Crippen LogP) is 3.73. The number of nitrogens with one attached hydrogen (secondary N) is 2. The zero-order valence-electron chi connectivity index (χ0n) is 14.1. The van der Waals surface area contributed by atoms with Gasteiger partial charge in [0.2, 0.25) is 5.91 Å². The molecule has 2 heterocycles. The van der Waals surface area contributed by atoms with Crippen molar-refractivity contribution in [1.82, 2.24) is 9.97 Å². The van der Waals surface area contributed by atoms with Crippen LogP contribution in [0.2, 0.25) is 0 Å². The molecule has 0 saturated carbocycles. The highest BCUT2D eigenvalue weighted by atomic mass is 32.2. The Labute approximate surface area is 157 Å². The highest BCUT2D eigenvalue weighted by molar-refractivity contribution is 7.99. The maximum absolute atomic E-state index is 13.2. The highest BCUT2D eigenvalue weighted by Crippen LogP contribution is 2.32. The number of benzene rings is 2. The molecule has 1 aromatic heterocycles. The number of anilines is 1. The Morgan fingerprint density at radius 2 is 1.93 bits per heavy atom. The van der Waals surface area contributed by atoms with Gasteiger partial charge in [-0.25, -0.2) is 13.8 Å². The molecule has 0 spiro atoms. The third-order valence-corrected chi connectivity index (χ3v) is 4.75. The van der Waals surface area contributed by atoms with E-state index in [0.717, 1.165) is 30.3 Å². The van der Waals surface area contributed by atoms with Gasteiger partial charge < -0.3 is 19.8 Å². The van der Waals surface area contributed by atoms with Crippen LogP contribution in [0.25, 0.3) is 11.0 Å². The highest BCUT2D eigenvalue weighted by Gasteiger charge is 2.13. The minimum Gasteiger partial charge on any atom is -0.490 e. The van der Waals surface area contributed by atoms with Crippen LogP contribution >= 0.6 is 11.8 Å². The van der Waals surface area contributed by atoms with Crippen molar-refractivity contribution in [3.8, 4) is 11.5 Å². The van der Waals surface area contributed by atoms with Gasteiger partial charge >= 0.3 is 0 Å². The normalized spacial score (nSPS) is 13.4. The maximum atomic E-state index is 13.2. The van der Waals surface area contributed by atoms with E-state index in [1.807, 2.05) is 0 Å². The largest absolute Gasteiger partial charge is 0.490 e. The monoisotopic (exact) mass is 391 g/mol. The van der Waals surface area contributed by atoms with Crippen LogP contribution in [0.5, 0.6) is 11.5 Å². The van der Waals surface area contributed by atoms with E-state index < -0.39 is 11.6 Å². The number of H-pyrrole nitrogens is 1. The Balaban J connectivity index is 1.39. The molecular weight excluding hydrogens is 376 g/mol. The van der Waals surface area contributed by atoms with Crippen LogP contribution < -0.4 is 14.8 Å². The van der Waals surface area contributed by atoms with Gasteiger partial charge in [-0.05, 0) is 12.1 Å². The summed E-state index contributed by atoms with van der Waals surface area (Å²) < 4.78 is 37.6. The number of aromatic nitrogens is 2. The first-order valence-electron chi connectivity index (χ1n) is 8.25. The van der Waals surface area contributed by atoms with Gasteiger partial charge in [0, 0.05) is 30.3 Å². The topological polar surface area (TPSA) is 76.2 Å². The van der Waals surface area contributed by atoms with Crippen molar-refractivity contribution in [2.45, 2.75) is 11.6 Å². The fourth-order valence-corrected chi connectivity index (χ4v) is 3.31. The molecule has 0 bridgehead atoms. The minimum absolute atomic E-state index is 0.0826. The summed E-state index contributed by atoms with van der Waals surface area (Å²) in [6.45, 7) is 1.16. The average molecular weight is 391 g/mol. The summed E-state index contributed by atoms with van der Waals surface area (Å²) in [6, 6.07) is 7.27. The Morgan fingerprint density at radius 3 is 2.78 bits per heavy atom. The van der Waals surface area contributed by atoms with E-state index in [0.29, 0.717) is 46.6 Å². The molecule has 0 fully saturated rings. The zero-order chi connectivity index (χ0) is 18.8. The number of thioether (sulfide) groups is 1. The molecule has 1 aliphatic rings. The first kappa shape index (κ1) is 17.6. The average Bonchev–Trinajstić information content (AvgIpc) is 2.87. The lowest BCUT2D eigenvalue weighted by molar-refractivity contribution is -0.113. The zero-order valence-corrected chi connectivity index (χ0v) is 14.9. The molecule has 140 valence electrons. The summed E-state index contributed by atoms with van der Waals surface area (Å²) in [5.41, 5.74) is 1.28. The number of hydrogen-bond donors (Lipinski definition) is 2.